The van der Waals surface area contributed by atoms with E-state index < -0.39 is 5.91 Å². The van der Waals surface area contributed by atoms with Crippen LogP contribution in [0.25, 0.3) is 0 Å². The minimum Gasteiger partial charge on any atom is -0.398 e. The summed E-state index contributed by atoms with van der Waals surface area (Å²) >= 11 is 5.93. The number of carbonyl (C=O) groups excluding carboxylic acids is 1. The molecule has 17 heavy (non-hydrogen) atoms. The van der Waals surface area contributed by atoms with Crippen molar-refractivity contribution in [2.75, 3.05) is 14.2 Å². The molecule has 0 unspecified atom stereocenters. The molecule has 1 amide bonds. The highest BCUT2D eigenvalue weighted by Crippen LogP contribution is 2.21. The second kappa shape index (κ2) is 6.22. The Morgan fingerprint density at radius 1 is 1.59 bits per heavy atom. The molecule has 2 N–H and O–H groups in total. The van der Waals surface area contributed by atoms with Gasteiger partial charge in [-0.25, -0.2) is 0 Å². The van der Waals surface area contributed by atoms with Crippen LogP contribution in [-0.2, 0) is 16.2 Å². The second-order valence-electron chi connectivity index (χ2n) is 3.13. The lowest BCUT2D eigenvalue weighted by Crippen LogP contribution is -2.29. The molecule has 0 bridgehead atoms. The molecular formula is C11H13ClN2O3. The first-order valence-electron chi connectivity index (χ1n) is 4.87. The van der Waals surface area contributed by atoms with Crippen molar-refractivity contribution in [3.8, 4) is 0 Å². The number of oxime groups is 1. The Labute approximate surface area is 104 Å². The lowest BCUT2D eigenvalue weighted by Gasteiger charge is -2.10. The Bertz CT molecular complexity index is 446. The van der Waals surface area contributed by atoms with Gasteiger partial charge in [0.15, 0.2) is 5.71 Å². The average molecular weight is 257 g/mol. The van der Waals surface area contributed by atoms with E-state index in [2.05, 4.69) is 15.3 Å². The van der Waals surface area contributed by atoms with E-state index in [1.807, 2.05) is 0 Å². The van der Waals surface area contributed by atoms with Gasteiger partial charge in [-0.1, -0.05) is 28.9 Å². The first-order valence-corrected chi connectivity index (χ1v) is 5.25. The predicted octanol–water partition coefficient (Wildman–Crippen LogP) is 0.929. The molecule has 1 rings (SSSR count). The van der Waals surface area contributed by atoms with Crippen molar-refractivity contribution >= 4 is 23.2 Å². The molecule has 1 aromatic carbocycles. The van der Waals surface area contributed by atoms with Crippen molar-refractivity contribution < 1.29 is 14.7 Å². The van der Waals surface area contributed by atoms with E-state index in [1.165, 1.54) is 14.2 Å². The van der Waals surface area contributed by atoms with Gasteiger partial charge in [-0.15, -0.1) is 0 Å². The predicted molar refractivity (Wildman–Crippen MR) is 65.0 cm³/mol. The van der Waals surface area contributed by atoms with E-state index >= 15 is 0 Å². The van der Waals surface area contributed by atoms with Gasteiger partial charge in [-0.3, -0.25) is 4.79 Å². The van der Waals surface area contributed by atoms with E-state index in [0.717, 1.165) is 0 Å². The molecule has 92 valence electrons. The average Bonchev–Trinajstić information content (AvgIpc) is 2.34. The Balaban J connectivity index is 3.33. The van der Waals surface area contributed by atoms with Gasteiger partial charge in [0, 0.05) is 23.2 Å². The molecule has 5 nitrogen and oxygen atoms in total. The number of hydrogen-bond donors (Lipinski definition) is 2. The van der Waals surface area contributed by atoms with Crippen LogP contribution in [0, 0.1) is 0 Å². The van der Waals surface area contributed by atoms with Crippen molar-refractivity contribution in [2.24, 2.45) is 5.16 Å². The van der Waals surface area contributed by atoms with E-state index in [4.69, 9.17) is 11.6 Å². The summed E-state index contributed by atoms with van der Waals surface area (Å²) in [6.07, 6.45) is 0. The Hall–Kier alpha value is -1.59. The number of amides is 1. The fraction of sp³-hybridized carbons (Fsp3) is 0.273. The molecule has 6 heteroatoms. The summed E-state index contributed by atoms with van der Waals surface area (Å²) in [4.78, 5) is 16.3. The van der Waals surface area contributed by atoms with E-state index in [9.17, 15) is 9.90 Å². The fourth-order valence-corrected chi connectivity index (χ4v) is 1.60. The number of aliphatic hydroxyl groups is 1. The van der Waals surface area contributed by atoms with Crippen LogP contribution in [0.5, 0.6) is 0 Å². The number of benzene rings is 1. The molecule has 0 radical (unpaired) electrons. The van der Waals surface area contributed by atoms with Crippen molar-refractivity contribution in [1.29, 1.82) is 0 Å². The number of hydrogen-bond acceptors (Lipinski definition) is 4. The summed E-state index contributed by atoms with van der Waals surface area (Å²) in [7, 11) is 2.82. The van der Waals surface area contributed by atoms with Gasteiger partial charge in [0.1, 0.15) is 7.11 Å². The minimum absolute atomic E-state index is 0.0709. The first kappa shape index (κ1) is 13.5. The standard InChI is InChI=1S/C11H13ClN2O3/c1-13-11(16)10(14-17-2)7-4-3-5-9(12)8(7)6-15/h3-5,15H,6H2,1-2H3,(H,13,16)/b14-10+. The third-order valence-corrected chi connectivity index (χ3v) is 2.51. The number of nitrogens with one attached hydrogen (secondary N) is 1. The molecule has 0 spiro atoms. The van der Waals surface area contributed by atoms with Crippen molar-refractivity contribution in [1.82, 2.24) is 5.32 Å². The third-order valence-electron chi connectivity index (χ3n) is 2.16. The van der Waals surface area contributed by atoms with Crippen LogP contribution in [0.15, 0.2) is 23.4 Å². The lowest BCUT2D eigenvalue weighted by molar-refractivity contribution is -0.114. The molecule has 1 aromatic rings. The van der Waals surface area contributed by atoms with Crippen LogP contribution in [0.4, 0.5) is 0 Å². The molecule has 0 aliphatic rings. The van der Waals surface area contributed by atoms with Crippen LogP contribution in [0.2, 0.25) is 5.02 Å². The van der Waals surface area contributed by atoms with Crippen LogP contribution in [-0.4, -0.2) is 30.9 Å². The van der Waals surface area contributed by atoms with Crippen LogP contribution >= 0.6 is 11.6 Å². The number of nitrogens with zero attached hydrogens (tertiary/aromatic N) is 1. The van der Waals surface area contributed by atoms with Crippen molar-refractivity contribution in [2.45, 2.75) is 6.61 Å². The highest BCUT2D eigenvalue weighted by molar-refractivity contribution is 6.46. The molecular weight excluding hydrogens is 244 g/mol. The van der Waals surface area contributed by atoms with E-state index in [0.29, 0.717) is 16.1 Å². The Morgan fingerprint density at radius 2 is 2.29 bits per heavy atom. The van der Waals surface area contributed by atoms with Gasteiger partial charge in [0.25, 0.3) is 5.91 Å². The molecule has 0 heterocycles. The quantitative estimate of drug-likeness (QED) is 0.622. The highest BCUT2D eigenvalue weighted by atomic mass is 35.5. The first-order chi connectivity index (χ1) is 8.15. The molecule has 0 fully saturated rings. The summed E-state index contributed by atoms with van der Waals surface area (Å²) in [5, 5.41) is 15.7. The zero-order valence-electron chi connectivity index (χ0n) is 9.53. The monoisotopic (exact) mass is 256 g/mol. The van der Waals surface area contributed by atoms with Gasteiger partial charge in [0.05, 0.1) is 6.61 Å². The van der Waals surface area contributed by atoms with E-state index in [1.54, 1.807) is 18.2 Å². The maximum atomic E-state index is 11.6. The molecule has 0 aromatic heterocycles. The zero-order valence-corrected chi connectivity index (χ0v) is 10.3. The largest absolute Gasteiger partial charge is 0.398 e. The van der Waals surface area contributed by atoms with E-state index in [-0.39, 0.29) is 12.3 Å². The smallest absolute Gasteiger partial charge is 0.273 e. The second-order valence-corrected chi connectivity index (χ2v) is 3.53. The summed E-state index contributed by atoms with van der Waals surface area (Å²) in [5.41, 5.74) is 0.955. The SMILES string of the molecule is CNC(=O)/C(=N/OC)c1cccc(Cl)c1CO. The number of aliphatic hydroxyl groups excluding tert-OH is 1. The fourth-order valence-electron chi connectivity index (χ4n) is 1.36. The molecule has 0 saturated heterocycles. The normalized spacial score (nSPS) is 11.2. The third kappa shape index (κ3) is 2.95. The summed E-state index contributed by atoms with van der Waals surface area (Å²) in [5.74, 6) is -0.413. The summed E-state index contributed by atoms with van der Waals surface area (Å²) in [6, 6.07) is 4.94. The minimum atomic E-state index is -0.413. The van der Waals surface area contributed by atoms with Gasteiger partial charge >= 0.3 is 0 Å². The van der Waals surface area contributed by atoms with Crippen LogP contribution < -0.4 is 5.32 Å². The Morgan fingerprint density at radius 3 is 2.82 bits per heavy atom. The van der Waals surface area contributed by atoms with Gasteiger partial charge in [0.2, 0.25) is 0 Å². The number of rotatable bonds is 4. The topological polar surface area (TPSA) is 70.9 Å². The zero-order chi connectivity index (χ0) is 12.8. The van der Waals surface area contributed by atoms with Crippen LogP contribution in [0.1, 0.15) is 11.1 Å². The van der Waals surface area contributed by atoms with Crippen molar-refractivity contribution in [3.63, 3.8) is 0 Å². The molecule has 0 aliphatic carbocycles. The maximum absolute atomic E-state index is 11.6. The van der Waals surface area contributed by atoms with Gasteiger partial charge in [-0.2, -0.15) is 0 Å². The van der Waals surface area contributed by atoms with Crippen molar-refractivity contribution in [3.05, 3.63) is 34.3 Å². The number of halogens is 1. The Kier molecular flexibility index (Phi) is 4.93. The number of carbonyl (C=O) groups is 1. The summed E-state index contributed by atoms with van der Waals surface area (Å²) < 4.78 is 0. The van der Waals surface area contributed by atoms with Gasteiger partial charge in [-0.05, 0) is 6.07 Å². The molecule has 0 aliphatic heterocycles. The van der Waals surface area contributed by atoms with Gasteiger partial charge < -0.3 is 15.3 Å². The number of likely N-dealkylation sites (N-methyl/N-ethyl adjacent to an activating group) is 1. The highest BCUT2D eigenvalue weighted by Gasteiger charge is 2.18. The molecule has 0 atom stereocenters. The molecule has 0 saturated carbocycles. The maximum Gasteiger partial charge on any atom is 0.273 e. The van der Waals surface area contributed by atoms with Crippen LogP contribution in [0.3, 0.4) is 0 Å². The summed E-state index contributed by atoms with van der Waals surface area (Å²) in [6.45, 7) is -0.283. The lowest BCUT2D eigenvalue weighted by atomic mass is 10.0.